The molecule has 238 valence electrons. The smallest absolute Gasteiger partial charge is 0.423 e. The van der Waals surface area contributed by atoms with E-state index in [2.05, 4.69) is 0 Å². The highest BCUT2D eigenvalue weighted by Gasteiger charge is 2.32. The summed E-state index contributed by atoms with van der Waals surface area (Å²) in [5.74, 6) is -4.86. The van der Waals surface area contributed by atoms with Crippen molar-refractivity contribution >= 4 is 93.5 Å². The molecule has 0 bridgehead atoms. The molecule has 0 spiro atoms. The standard InChI is InChI=1S/C30H28Cl6O8/c31-17-13-19(33)25(21(23(17)35)27(37)41-11-3-1-5-15-7-8-15)43-29(39)30(40)44-26-20(34)14-18(32)24(36)22(26)28(38)42-12-4-2-6-16-9-10-16/h13-16H,1-12H2. The van der Waals surface area contributed by atoms with E-state index >= 15 is 0 Å². The van der Waals surface area contributed by atoms with E-state index in [1.807, 2.05) is 0 Å². The van der Waals surface area contributed by atoms with Crippen LogP contribution in [0.4, 0.5) is 0 Å². The summed E-state index contributed by atoms with van der Waals surface area (Å²) in [7, 11) is 0. The van der Waals surface area contributed by atoms with Gasteiger partial charge in [0.2, 0.25) is 0 Å². The van der Waals surface area contributed by atoms with Crippen LogP contribution in [0.25, 0.3) is 0 Å². The maximum atomic E-state index is 12.9. The van der Waals surface area contributed by atoms with Crippen LogP contribution in [0.3, 0.4) is 0 Å². The minimum atomic E-state index is -1.63. The largest absolute Gasteiger partial charge is 0.462 e. The van der Waals surface area contributed by atoms with Crippen LogP contribution < -0.4 is 9.47 Å². The molecule has 2 aliphatic rings. The van der Waals surface area contributed by atoms with Crippen LogP contribution in [0.5, 0.6) is 11.5 Å². The molecule has 8 nitrogen and oxygen atoms in total. The Kier molecular flexibility index (Phi) is 12.7. The van der Waals surface area contributed by atoms with Crippen LogP contribution in [0.1, 0.15) is 84.9 Å². The first-order valence-electron chi connectivity index (χ1n) is 14.1. The maximum Gasteiger partial charge on any atom is 0.423 e. The summed E-state index contributed by atoms with van der Waals surface area (Å²) >= 11 is 37.1. The molecule has 44 heavy (non-hydrogen) atoms. The van der Waals surface area contributed by atoms with Crippen LogP contribution in [0.15, 0.2) is 12.1 Å². The van der Waals surface area contributed by atoms with E-state index in [-0.39, 0.29) is 43.3 Å². The van der Waals surface area contributed by atoms with Gasteiger partial charge in [0.1, 0.15) is 11.1 Å². The van der Waals surface area contributed by atoms with Crippen LogP contribution in [0, 0.1) is 11.8 Å². The van der Waals surface area contributed by atoms with Gasteiger partial charge in [-0.05, 0) is 49.7 Å². The molecule has 0 unspecified atom stereocenters. The first-order chi connectivity index (χ1) is 21.0. The summed E-state index contributed by atoms with van der Waals surface area (Å²) in [6.45, 7) is 0.160. The third-order valence-corrected chi connectivity index (χ3v) is 9.23. The number of hydrogen-bond donors (Lipinski definition) is 0. The molecule has 0 amide bonds. The second kappa shape index (κ2) is 16.1. The van der Waals surface area contributed by atoms with Gasteiger partial charge in [0.05, 0.1) is 43.3 Å². The second-order valence-corrected chi connectivity index (χ2v) is 13.0. The third-order valence-electron chi connectivity index (χ3n) is 7.09. The average molecular weight is 729 g/mol. The molecule has 2 aliphatic carbocycles. The number of carbonyl (C=O) groups is 4. The Hall–Kier alpha value is -1.94. The fourth-order valence-electron chi connectivity index (χ4n) is 4.35. The van der Waals surface area contributed by atoms with Crippen molar-refractivity contribution in [3.63, 3.8) is 0 Å². The molecule has 0 aliphatic heterocycles. The molecule has 0 heterocycles. The Morgan fingerprint density at radius 2 is 0.932 bits per heavy atom. The number of halogens is 6. The quantitative estimate of drug-likeness (QED) is 0.0623. The molecule has 2 fully saturated rings. The minimum Gasteiger partial charge on any atom is -0.462 e. The number of ether oxygens (including phenoxy) is 4. The van der Waals surface area contributed by atoms with E-state index in [1.54, 1.807) is 0 Å². The molecular weight excluding hydrogens is 701 g/mol. The summed E-state index contributed by atoms with van der Waals surface area (Å²) in [4.78, 5) is 51.5. The van der Waals surface area contributed by atoms with Gasteiger partial charge in [-0.25, -0.2) is 19.2 Å². The zero-order valence-corrected chi connectivity index (χ0v) is 27.9. The van der Waals surface area contributed by atoms with Crippen molar-refractivity contribution in [2.75, 3.05) is 13.2 Å². The van der Waals surface area contributed by atoms with Crippen molar-refractivity contribution in [1.29, 1.82) is 0 Å². The average Bonchev–Trinajstić information content (AvgIpc) is 3.90. The minimum absolute atomic E-state index is 0.0800. The number of rotatable bonds is 14. The molecule has 0 atom stereocenters. The van der Waals surface area contributed by atoms with Gasteiger partial charge in [-0.2, -0.15) is 0 Å². The first kappa shape index (κ1) is 34.9. The summed E-state index contributed by atoms with van der Waals surface area (Å²) in [6.07, 6.45) is 9.96. The van der Waals surface area contributed by atoms with Crippen molar-refractivity contribution in [2.24, 2.45) is 11.8 Å². The van der Waals surface area contributed by atoms with E-state index in [4.69, 9.17) is 88.6 Å². The van der Waals surface area contributed by atoms with Crippen molar-refractivity contribution in [1.82, 2.24) is 0 Å². The Morgan fingerprint density at radius 1 is 0.568 bits per heavy atom. The molecule has 2 aromatic carbocycles. The molecule has 14 heteroatoms. The predicted molar refractivity (Wildman–Crippen MR) is 168 cm³/mol. The zero-order chi connectivity index (χ0) is 32.0. The lowest BCUT2D eigenvalue weighted by Crippen LogP contribution is -2.27. The zero-order valence-electron chi connectivity index (χ0n) is 23.3. The molecule has 2 aromatic rings. The fraction of sp³-hybridized carbons (Fsp3) is 0.467. The summed E-state index contributed by atoms with van der Waals surface area (Å²) in [5, 5.41) is -1.44. The van der Waals surface area contributed by atoms with Crippen molar-refractivity contribution in [3.8, 4) is 11.5 Å². The van der Waals surface area contributed by atoms with Gasteiger partial charge in [0.15, 0.2) is 11.5 Å². The lowest BCUT2D eigenvalue weighted by atomic mass is 10.2. The third kappa shape index (κ3) is 9.54. The van der Waals surface area contributed by atoms with Gasteiger partial charge < -0.3 is 18.9 Å². The monoisotopic (exact) mass is 726 g/mol. The molecular formula is C30H28Cl6O8. The van der Waals surface area contributed by atoms with E-state index in [9.17, 15) is 19.2 Å². The molecule has 0 aromatic heterocycles. The van der Waals surface area contributed by atoms with Gasteiger partial charge in [0.25, 0.3) is 0 Å². The van der Waals surface area contributed by atoms with E-state index in [1.165, 1.54) is 25.7 Å². The van der Waals surface area contributed by atoms with Gasteiger partial charge >= 0.3 is 23.9 Å². The molecule has 0 radical (unpaired) electrons. The Bertz CT molecular complexity index is 1330. The number of benzene rings is 2. The Balaban J connectivity index is 1.45. The highest BCUT2D eigenvalue weighted by Crippen LogP contribution is 2.42. The van der Waals surface area contributed by atoms with Gasteiger partial charge in [-0.15, -0.1) is 0 Å². The van der Waals surface area contributed by atoms with Gasteiger partial charge in [-0.1, -0.05) is 108 Å². The topological polar surface area (TPSA) is 105 Å². The SMILES string of the molecule is O=C(Oc1c(Cl)cc(Cl)c(Cl)c1C(=O)OCCCCC1CC1)C(=O)Oc1c(Cl)cc(Cl)c(Cl)c1C(=O)OCCCCC1CC1. The van der Waals surface area contributed by atoms with E-state index in [0.29, 0.717) is 12.8 Å². The maximum absolute atomic E-state index is 12.9. The first-order valence-corrected chi connectivity index (χ1v) is 16.4. The molecule has 4 rings (SSSR count). The highest BCUT2D eigenvalue weighted by molar-refractivity contribution is 6.47. The van der Waals surface area contributed by atoms with Crippen LogP contribution in [-0.4, -0.2) is 37.1 Å². The fourth-order valence-corrected chi connectivity index (χ4v) is 5.79. The Labute approximate surface area is 284 Å². The number of unbranched alkanes of at least 4 members (excludes halogenated alkanes) is 2. The second-order valence-electron chi connectivity index (χ2n) is 10.6. The van der Waals surface area contributed by atoms with Crippen molar-refractivity contribution < 1.29 is 38.1 Å². The van der Waals surface area contributed by atoms with E-state index < -0.39 is 46.5 Å². The van der Waals surface area contributed by atoms with Gasteiger partial charge in [0, 0.05) is 0 Å². The van der Waals surface area contributed by atoms with Gasteiger partial charge in [-0.3, -0.25) is 0 Å². The normalized spacial score (nSPS) is 14.2. The van der Waals surface area contributed by atoms with Crippen LogP contribution in [0.2, 0.25) is 30.1 Å². The van der Waals surface area contributed by atoms with Crippen molar-refractivity contribution in [3.05, 3.63) is 53.4 Å². The summed E-state index contributed by atoms with van der Waals surface area (Å²) in [5.41, 5.74) is -0.905. The lowest BCUT2D eigenvalue weighted by molar-refractivity contribution is -0.156. The predicted octanol–water partition coefficient (Wildman–Crippen LogP) is 9.59. The molecule has 0 N–H and O–H groups in total. The van der Waals surface area contributed by atoms with Crippen LogP contribution >= 0.6 is 69.6 Å². The van der Waals surface area contributed by atoms with Crippen molar-refractivity contribution in [2.45, 2.75) is 64.2 Å². The lowest BCUT2D eigenvalue weighted by Gasteiger charge is -2.15. The number of hydrogen-bond acceptors (Lipinski definition) is 8. The molecule has 0 saturated heterocycles. The molecule has 2 saturated carbocycles. The number of carbonyl (C=O) groups excluding carboxylic acids is 4. The number of esters is 4. The summed E-state index contributed by atoms with van der Waals surface area (Å²) in [6, 6.07) is 2.25. The Morgan fingerprint density at radius 3 is 1.27 bits per heavy atom. The highest BCUT2D eigenvalue weighted by atomic mass is 35.5. The summed E-state index contributed by atoms with van der Waals surface area (Å²) < 4.78 is 20.9. The van der Waals surface area contributed by atoms with Crippen LogP contribution in [-0.2, 0) is 19.1 Å². The van der Waals surface area contributed by atoms with E-state index in [0.717, 1.165) is 49.7 Å².